The zero-order chi connectivity index (χ0) is 13.2. The van der Waals surface area contributed by atoms with Gasteiger partial charge in [0.15, 0.2) is 0 Å². The van der Waals surface area contributed by atoms with Crippen LogP contribution in [0, 0.1) is 5.92 Å². The van der Waals surface area contributed by atoms with Crippen molar-refractivity contribution in [2.24, 2.45) is 5.92 Å². The molecule has 2 rings (SSSR count). The highest BCUT2D eigenvalue weighted by Crippen LogP contribution is 2.41. The maximum atomic E-state index is 10.8. The molecule has 0 bridgehead atoms. The van der Waals surface area contributed by atoms with Crippen LogP contribution in [0.5, 0.6) is 11.8 Å². The molecule has 5 nitrogen and oxygen atoms in total. The van der Waals surface area contributed by atoms with Crippen molar-refractivity contribution in [3.63, 3.8) is 0 Å². The van der Waals surface area contributed by atoms with Gasteiger partial charge in [0.2, 0.25) is 11.8 Å². The van der Waals surface area contributed by atoms with Gasteiger partial charge >= 0.3 is 0 Å². The lowest BCUT2D eigenvalue weighted by atomic mass is 9.77. The van der Waals surface area contributed by atoms with Crippen LogP contribution in [0.2, 0.25) is 0 Å². The lowest BCUT2D eigenvalue weighted by Crippen LogP contribution is -2.33. The SMILES string of the molecule is COc1cnc(C2(O)CCCC(C)C2)c(OC)n1. The Morgan fingerprint density at radius 3 is 2.78 bits per heavy atom. The van der Waals surface area contributed by atoms with Gasteiger partial charge in [-0.1, -0.05) is 13.3 Å². The zero-order valence-electron chi connectivity index (χ0n) is 11.1. The summed E-state index contributed by atoms with van der Waals surface area (Å²) in [7, 11) is 3.06. The van der Waals surface area contributed by atoms with E-state index in [2.05, 4.69) is 16.9 Å². The van der Waals surface area contributed by atoms with Gasteiger partial charge in [-0.3, -0.25) is 0 Å². The standard InChI is InChI=1S/C13H20N2O3/c1-9-5-4-6-13(16,7-9)11-12(18-3)15-10(17-2)8-14-11/h8-9,16H,4-7H2,1-3H3. The minimum atomic E-state index is -0.928. The maximum Gasteiger partial charge on any atom is 0.241 e. The summed E-state index contributed by atoms with van der Waals surface area (Å²) >= 11 is 0. The van der Waals surface area contributed by atoms with Gasteiger partial charge in [0, 0.05) is 0 Å². The molecule has 2 unspecified atom stereocenters. The summed E-state index contributed by atoms with van der Waals surface area (Å²) < 4.78 is 10.2. The van der Waals surface area contributed by atoms with E-state index < -0.39 is 5.60 Å². The molecular weight excluding hydrogens is 232 g/mol. The summed E-state index contributed by atoms with van der Waals surface area (Å²) in [5.41, 5.74) is -0.403. The summed E-state index contributed by atoms with van der Waals surface area (Å²) in [5.74, 6) is 1.23. The molecule has 0 aromatic carbocycles. The maximum absolute atomic E-state index is 10.8. The Morgan fingerprint density at radius 2 is 2.17 bits per heavy atom. The van der Waals surface area contributed by atoms with Gasteiger partial charge in [0.1, 0.15) is 11.3 Å². The number of nitrogens with zero attached hydrogens (tertiary/aromatic N) is 2. The van der Waals surface area contributed by atoms with Crippen LogP contribution in [0.4, 0.5) is 0 Å². The Kier molecular flexibility index (Phi) is 3.71. The van der Waals surface area contributed by atoms with Crippen LogP contribution in [-0.2, 0) is 5.60 Å². The van der Waals surface area contributed by atoms with Crippen molar-refractivity contribution in [3.05, 3.63) is 11.9 Å². The smallest absolute Gasteiger partial charge is 0.241 e. The van der Waals surface area contributed by atoms with E-state index in [-0.39, 0.29) is 0 Å². The summed E-state index contributed by atoms with van der Waals surface area (Å²) in [4.78, 5) is 8.48. The lowest BCUT2D eigenvalue weighted by Gasteiger charge is -2.35. The second-order valence-electron chi connectivity index (χ2n) is 5.00. The predicted molar refractivity (Wildman–Crippen MR) is 66.7 cm³/mol. The number of hydrogen-bond donors (Lipinski definition) is 1. The zero-order valence-corrected chi connectivity index (χ0v) is 11.1. The first-order valence-corrected chi connectivity index (χ1v) is 6.27. The second-order valence-corrected chi connectivity index (χ2v) is 5.00. The van der Waals surface area contributed by atoms with E-state index in [9.17, 15) is 5.11 Å². The topological polar surface area (TPSA) is 64.5 Å². The second kappa shape index (κ2) is 5.10. The van der Waals surface area contributed by atoms with E-state index in [0.29, 0.717) is 36.2 Å². The molecule has 0 spiro atoms. The predicted octanol–water partition coefficient (Wildman–Crippen LogP) is 1.89. The van der Waals surface area contributed by atoms with E-state index >= 15 is 0 Å². The van der Waals surface area contributed by atoms with E-state index in [0.717, 1.165) is 12.8 Å². The van der Waals surface area contributed by atoms with Gasteiger partial charge in [-0.25, -0.2) is 4.98 Å². The fourth-order valence-corrected chi connectivity index (χ4v) is 2.66. The van der Waals surface area contributed by atoms with E-state index in [1.165, 1.54) is 20.4 Å². The molecule has 1 aliphatic rings. The van der Waals surface area contributed by atoms with Crippen molar-refractivity contribution in [2.75, 3.05) is 14.2 Å². The summed E-state index contributed by atoms with van der Waals surface area (Å²) in [5, 5.41) is 10.8. The highest BCUT2D eigenvalue weighted by Gasteiger charge is 2.38. The average Bonchev–Trinajstić information content (AvgIpc) is 2.37. The van der Waals surface area contributed by atoms with Gasteiger partial charge < -0.3 is 14.6 Å². The molecule has 5 heteroatoms. The summed E-state index contributed by atoms with van der Waals surface area (Å²) in [6.07, 6.45) is 5.07. The monoisotopic (exact) mass is 252 g/mol. The normalized spacial score (nSPS) is 27.9. The van der Waals surface area contributed by atoms with Crippen molar-refractivity contribution >= 4 is 0 Å². The van der Waals surface area contributed by atoms with Crippen molar-refractivity contribution < 1.29 is 14.6 Å². The molecule has 1 aliphatic carbocycles. The molecule has 1 fully saturated rings. The lowest BCUT2D eigenvalue weighted by molar-refractivity contribution is -0.0240. The molecule has 100 valence electrons. The molecule has 2 atom stereocenters. The third-order valence-corrected chi connectivity index (χ3v) is 3.54. The minimum Gasteiger partial charge on any atom is -0.480 e. The Balaban J connectivity index is 2.36. The van der Waals surface area contributed by atoms with E-state index in [4.69, 9.17) is 9.47 Å². The molecule has 1 N–H and O–H groups in total. The fraction of sp³-hybridized carbons (Fsp3) is 0.692. The Hall–Kier alpha value is -1.36. The van der Waals surface area contributed by atoms with E-state index in [1.807, 2.05) is 0 Å². The van der Waals surface area contributed by atoms with Crippen LogP contribution in [-0.4, -0.2) is 29.3 Å². The Labute approximate surface area is 107 Å². The number of aromatic nitrogens is 2. The molecule has 0 aliphatic heterocycles. The molecule has 1 aromatic heterocycles. The molecule has 0 radical (unpaired) electrons. The summed E-state index contributed by atoms with van der Waals surface area (Å²) in [6, 6.07) is 0. The van der Waals surface area contributed by atoms with Crippen LogP contribution < -0.4 is 9.47 Å². The van der Waals surface area contributed by atoms with Gasteiger partial charge in [-0.05, 0) is 25.2 Å². The molecule has 0 saturated heterocycles. The Morgan fingerprint density at radius 1 is 1.39 bits per heavy atom. The van der Waals surface area contributed by atoms with Crippen molar-refractivity contribution in [2.45, 2.75) is 38.2 Å². The van der Waals surface area contributed by atoms with E-state index in [1.54, 1.807) is 0 Å². The van der Waals surface area contributed by atoms with Gasteiger partial charge in [-0.15, -0.1) is 0 Å². The number of hydrogen-bond acceptors (Lipinski definition) is 5. The Bertz CT molecular complexity index is 425. The van der Waals surface area contributed by atoms with Crippen LogP contribution >= 0.6 is 0 Å². The summed E-state index contributed by atoms with van der Waals surface area (Å²) in [6.45, 7) is 2.15. The van der Waals surface area contributed by atoms with Crippen molar-refractivity contribution in [1.82, 2.24) is 9.97 Å². The number of methoxy groups -OCH3 is 2. The van der Waals surface area contributed by atoms with Gasteiger partial charge in [-0.2, -0.15) is 4.98 Å². The number of aliphatic hydroxyl groups is 1. The minimum absolute atomic E-state index is 0.353. The first kappa shape index (κ1) is 13.1. The average molecular weight is 252 g/mol. The number of rotatable bonds is 3. The van der Waals surface area contributed by atoms with Crippen molar-refractivity contribution in [1.29, 1.82) is 0 Å². The van der Waals surface area contributed by atoms with Gasteiger partial charge in [0.05, 0.1) is 20.4 Å². The largest absolute Gasteiger partial charge is 0.480 e. The molecule has 0 amide bonds. The number of ether oxygens (including phenoxy) is 2. The highest BCUT2D eigenvalue weighted by molar-refractivity contribution is 5.28. The first-order chi connectivity index (χ1) is 8.59. The molecule has 1 aromatic rings. The molecule has 1 saturated carbocycles. The van der Waals surface area contributed by atoms with Crippen LogP contribution in [0.3, 0.4) is 0 Å². The van der Waals surface area contributed by atoms with Gasteiger partial charge in [0.25, 0.3) is 0 Å². The highest BCUT2D eigenvalue weighted by atomic mass is 16.5. The van der Waals surface area contributed by atoms with Crippen molar-refractivity contribution in [3.8, 4) is 11.8 Å². The van der Waals surface area contributed by atoms with Crippen LogP contribution in [0.1, 0.15) is 38.3 Å². The molecule has 18 heavy (non-hydrogen) atoms. The third kappa shape index (κ3) is 2.41. The fourth-order valence-electron chi connectivity index (χ4n) is 2.66. The quantitative estimate of drug-likeness (QED) is 0.890. The third-order valence-electron chi connectivity index (χ3n) is 3.54. The first-order valence-electron chi connectivity index (χ1n) is 6.27. The van der Waals surface area contributed by atoms with Crippen LogP contribution in [0.25, 0.3) is 0 Å². The molecule has 1 heterocycles. The van der Waals surface area contributed by atoms with Crippen LogP contribution in [0.15, 0.2) is 6.20 Å². The molecular formula is C13H20N2O3.